The van der Waals surface area contributed by atoms with Gasteiger partial charge in [0.05, 0.1) is 0 Å². The molecule has 1 aliphatic rings. The summed E-state index contributed by atoms with van der Waals surface area (Å²) in [5, 5.41) is 3.11. The Morgan fingerprint density at radius 3 is 2.53 bits per heavy atom. The smallest absolute Gasteiger partial charge is 0.404 e. The Bertz CT molecular complexity index is 411. The fraction of sp³-hybridized carbons (Fsp3) is 0.500. The van der Waals surface area contributed by atoms with E-state index < -0.39 is 6.09 Å². The third-order valence-corrected chi connectivity index (χ3v) is 3.47. The minimum atomic E-state index is -0.666. The van der Waals surface area contributed by atoms with Crippen LogP contribution in [0.1, 0.15) is 18.4 Å². The largest absolute Gasteiger partial charge is 0.446 e. The summed E-state index contributed by atoms with van der Waals surface area (Å²) in [6.07, 6.45) is 1.04. The molecule has 1 amide bonds. The molecule has 1 heterocycles. The van der Waals surface area contributed by atoms with Gasteiger partial charge in [0.25, 0.3) is 0 Å². The van der Waals surface area contributed by atoms with E-state index >= 15 is 0 Å². The first-order valence-corrected chi connectivity index (χ1v) is 6.62. The van der Waals surface area contributed by atoms with Crippen molar-refractivity contribution in [1.82, 2.24) is 4.90 Å². The van der Waals surface area contributed by atoms with Crippen LogP contribution < -0.4 is 11.1 Å². The molecule has 5 nitrogen and oxygen atoms in total. The van der Waals surface area contributed by atoms with Gasteiger partial charge in [-0.25, -0.2) is 4.79 Å². The molecular formula is C14H21N3O2. The molecule has 1 saturated heterocycles. The summed E-state index contributed by atoms with van der Waals surface area (Å²) in [4.78, 5) is 13.1. The van der Waals surface area contributed by atoms with E-state index in [4.69, 9.17) is 10.5 Å². The maximum Gasteiger partial charge on any atom is 0.404 e. The lowest BCUT2D eigenvalue weighted by atomic mass is 10.1. The molecule has 2 rings (SSSR count). The molecule has 1 aromatic carbocycles. The number of rotatable bonds is 4. The fourth-order valence-electron chi connectivity index (χ4n) is 2.38. The van der Waals surface area contributed by atoms with E-state index in [1.165, 1.54) is 5.56 Å². The summed E-state index contributed by atoms with van der Waals surface area (Å²) < 4.78 is 5.02. The molecule has 0 radical (unpaired) electrons. The molecule has 1 aliphatic heterocycles. The Morgan fingerprint density at radius 1 is 1.37 bits per heavy atom. The van der Waals surface area contributed by atoms with Crippen molar-refractivity contribution in [2.24, 2.45) is 5.73 Å². The molecule has 104 valence electrons. The summed E-state index contributed by atoms with van der Waals surface area (Å²) in [6.45, 7) is 2.81. The molecule has 0 unspecified atom stereocenters. The number of anilines is 1. The van der Waals surface area contributed by atoms with Crippen molar-refractivity contribution >= 4 is 11.8 Å². The Labute approximate surface area is 113 Å². The van der Waals surface area contributed by atoms with E-state index in [0.717, 1.165) is 38.2 Å². The Morgan fingerprint density at radius 2 is 2.00 bits per heavy atom. The molecule has 1 aromatic rings. The molecule has 3 N–H and O–H groups in total. The van der Waals surface area contributed by atoms with Gasteiger partial charge in [0, 0.05) is 32.4 Å². The van der Waals surface area contributed by atoms with Crippen LogP contribution >= 0.6 is 0 Å². The molecule has 0 aliphatic carbocycles. The minimum Gasteiger partial charge on any atom is -0.446 e. The average molecular weight is 263 g/mol. The van der Waals surface area contributed by atoms with Crippen LogP contribution in [-0.4, -0.2) is 37.2 Å². The van der Waals surface area contributed by atoms with Gasteiger partial charge in [0.15, 0.2) is 0 Å². The van der Waals surface area contributed by atoms with Crippen LogP contribution in [0, 0.1) is 0 Å². The highest BCUT2D eigenvalue weighted by atomic mass is 16.6. The maximum atomic E-state index is 10.7. The van der Waals surface area contributed by atoms with Crippen molar-refractivity contribution in [2.45, 2.75) is 25.5 Å². The zero-order valence-electron chi connectivity index (χ0n) is 11.3. The Hall–Kier alpha value is -1.75. The lowest BCUT2D eigenvalue weighted by Crippen LogP contribution is -2.38. The Balaban J connectivity index is 1.80. The molecule has 1 fully saturated rings. The van der Waals surface area contributed by atoms with Gasteiger partial charge < -0.3 is 15.8 Å². The first-order valence-electron chi connectivity index (χ1n) is 6.62. The summed E-state index contributed by atoms with van der Waals surface area (Å²) in [7, 11) is 1.92. The van der Waals surface area contributed by atoms with Crippen LogP contribution in [0.3, 0.4) is 0 Å². The second-order valence-corrected chi connectivity index (χ2v) is 4.86. The van der Waals surface area contributed by atoms with Crippen molar-refractivity contribution in [1.29, 1.82) is 0 Å². The highest BCUT2D eigenvalue weighted by Gasteiger charge is 2.21. The number of nitrogens with zero attached hydrogens (tertiary/aromatic N) is 1. The SMILES string of the molecule is CNc1ccc(CN2CCC(OC(N)=O)CC2)cc1. The number of nitrogens with one attached hydrogen (secondary N) is 1. The third kappa shape index (κ3) is 4.13. The summed E-state index contributed by atoms with van der Waals surface area (Å²) in [5.41, 5.74) is 7.45. The number of carbonyl (C=O) groups is 1. The van der Waals surface area contributed by atoms with E-state index in [0.29, 0.717) is 0 Å². The fourth-order valence-corrected chi connectivity index (χ4v) is 2.38. The lowest BCUT2D eigenvalue weighted by molar-refractivity contribution is 0.0541. The number of likely N-dealkylation sites (tertiary alicyclic amines) is 1. The number of benzene rings is 1. The second-order valence-electron chi connectivity index (χ2n) is 4.86. The van der Waals surface area contributed by atoms with Gasteiger partial charge in [-0.1, -0.05) is 12.1 Å². The number of hydrogen-bond donors (Lipinski definition) is 2. The first kappa shape index (κ1) is 13.7. The molecule has 0 aromatic heterocycles. The number of ether oxygens (including phenoxy) is 1. The topological polar surface area (TPSA) is 67.6 Å². The average Bonchev–Trinajstić information content (AvgIpc) is 2.41. The number of amides is 1. The zero-order valence-corrected chi connectivity index (χ0v) is 11.3. The van der Waals surface area contributed by atoms with E-state index in [1.807, 2.05) is 7.05 Å². The maximum absolute atomic E-state index is 10.7. The van der Waals surface area contributed by atoms with Crippen molar-refractivity contribution in [3.8, 4) is 0 Å². The van der Waals surface area contributed by atoms with Crippen LogP contribution in [0.5, 0.6) is 0 Å². The van der Waals surface area contributed by atoms with Crippen LogP contribution in [0.25, 0.3) is 0 Å². The molecule has 0 bridgehead atoms. The van der Waals surface area contributed by atoms with Crippen LogP contribution in [0.15, 0.2) is 24.3 Å². The predicted octanol–water partition coefficient (Wildman–Crippen LogP) is 1.79. The van der Waals surface area contributed by atoms with Gasteiger partial charge in [-0.05, 0) is 30.5 Å². The molecule has 0 spiro atoms. The van der Waals surface area contributed by atoms with E-state index in [-0.39, 0.29) is 6.10 Å². The van der Waals surface area contributed by atoms with Gasteiger partial charge in [-0.2, -0.15) is 0 Å². The number of nitrogens with two attached hydrogens (primary N) is 1. The van der Waals surface area contributed by atoms with E-state index in [9.17, 15) is 4.79 Å². The minimum absolute atomic E-state index is 0.0135. The normalized spacial score (nSPS) is 17.1. The highest BCUT2D eigenvalue weighted by molar-refractivity contribution is 5.64. The van der Waals surface area contributed by atoms with Crippen LogP contribution in [-0.2, 0) is 11.3 Å². The second kappa shape index (κ2) is 6.43. The zero-order chi connectivity index (χ0) is 13.7. The molecular weight excluding hydrogens is 242 g/mol. The number of carbonyl (C=O) groups excluding carboxylic acids is 1. The standard InChI is InChI=1S/C14H21N3O2/c1-16-12-4-2-11(3-5-12)10-17-8-6-13(7-9-17)19-14(15)18/h2-5,13,16H,6-10H2,1H3,(H2,15,18). The van der Waals surface area contributed by atoms with Crippen LogP contribution in [0.4, 0.5) is 10.5 Å². The highest BCUT2D eigenvalue weighted by Crippen LogP contribution is 2.17. The predicted molar refractivity (Wildman–Crippen MR) is 75.0 cm³/mol. The molecule has 0 atom stereocenters. The summed E-state index contributed by atoms with van der Waals surface area (Å²) >= 11 is 0. The van der Waals surface area contributed by atoms with Crippen molar-refractivity contribution < 1.29 is 9.53 Å². The molecule has 0 saturated carbocycles. The van der Waals surface area contributed by atoms with Gasteiger partial charge in [-0.15, -0.1) is 0 Å². The first-order chi connectivity index (χ1) is 9.17. The lowest BCUT2D eigenvalue weighted by Gasteiger charge is -2.31. The van der Waals surface area contributed by atoms with Gasteiger partial charge in [-0.3, -0.25) is 4.90 Å². The van der Waals surface area contributed by atoms with Crippen molar-refractivity contribution in [3.63, 3.8) is 0 Å². The molecule has 5 heteroatoms. The third-order valence-electron chi connectivity index (χ3n) is 3.47. The van der Waals surface area contributed by atoms with Gasteiger partial charge in [0.1, 0.15) is 6.10 Å². The van der Waals surface area contributed by atoms with E-state index in [1.54, 1.807) is 0 Å². The van der Waals surface area contributed by atoms with E-state index in [2.05, 4.69) is 34.5 Å². The van der Waals surface area contributed by atoms with Gasteiger partial charge >= 0.3 is 6.09 Å². The number of piperidine rings is 1. The van der Waals surface area contributed by atoms with Gasteiger partial charge in [0.2, 0.25) is 0 Å². The quantitative estimate of drug-likeness (QED) is 0.869. The Kier molecular flexibility index (Phi) is 4.63. The van der Waals surface area contributed by atoms with Crippen LogP contribution in [0.2, 0.25) is 0 Å². The van der Waals surface area contributed by atoms with Crippen molar-refractivity contribution in [2.75, 3.05) is 25.5 Å². The molecule has 19 heavy (non-hydrogen) atoms. The summed E-state index contributed by atoms with van der Waals surface area (Å²) in [6, 6.07) is 8.44. The monoisotopic (exact) mass is 263 g/mol. The number of primary amides is 1. The summed E-state index contributed by atoms with van der Waals surface area (Å²) in [5.74, 6) is 0. The van der Waals surface area contributed by atoms with Crippen molar-refractivity contribution in [3.05, 3.63) is 29.8 Å². The number of hydrogen-bond acceptors (Lipinski definition) is 4.